The highest BCUT2D eigenvalue weighted by Crippen LogP contribution is 2.39. The second kappa shape index (κ2) is 5.12. The first-order valence-corrected chi connectivity index (χ1v) is 8.26. The molecular weight excluding hydrogens is 304 g/mol. The van der Waals surface area contributed by atoms with Crippen molar-refractivity contribution in [3.8, 4) is 0 Å². The molecule has 0 spiro atoms. The van der Waals surface area contributed by atoms with E-state index >= 15 is 0 Å². The monoisotopic (exact) mass is 320 g/mol. The number of hydrogen-bond donors (Lipinski definition) is 0. The first kappa shape index (κ1) is 13.7. The summed E-state index contributed by atoms with van der Waals surface area (Å²) in [6.45, 7) is 1.22. The van der Waals surface area contributed by atoms with E-state index in [4.69, 9.17) is 4.52 Å². The lowest BCUT2D eigenvalue weighted by molar-refractivity contribution is 0.0563. The number of rotatable bonds is 3. The van der Waals surface area contributed by atoms with Gasteiger partial charge in [-0.1, -0.05) is 29.4 Å². The molecule has 24 heavy (non-hydrogen) atoms. The summed E-state index contributed by atoms with van der Waals surface area (Å²) in [5.74, 6) is 2.08. The molecule has 2 aromatic heterocycles. The number of benzene rings is 1. The number of carbonyl (C=O) groups is 1. The summed E-state index contributed by atoms with van der Waals surface area (Å²) < 4.78 is 5.35. The van der Waals surface area contributed by atoms with E-state index < -0.39 is 0 Å². The minimum atomic E-state index is -0.0427. The Balaban J connectivity index is 1.29. The number of aromatic nitrogens is 3. The van der Waals surface area contributed by atoms with Crippen molar-refractivity contribution in [1.29, 1.82) is 0 Å². The van der Waals surface area contributed by atoms with Crippen LogP contribution in [0.25, 0.3) is 10.9 Å². The molecule has 1 aromatic carbocycles. The summed E-state index contributed by atoms with van der Waals surface area (Å²) >= 11 is 0. The van der Waals surface area contributed by atoms with Gasteiger partial charge >= 0.3 is 0 Å². The minimum Gasteiger partial charge on any atom is -0.339 e. The third-order valence-electron chi connectivity index (χ3n) is 4.74. The Kier molecular flexibility index (Phi) is 2.92. The van der Waals surface area contributed by atoms with Crippen LogP contribution in [0.15, 0.2) is 40.9 Å². The van der Waals surface area contributed by atoms with Crippen LogP contribution in [0.2, 0.25) is 0 Å². The van der Waals surface area contributed by atoms with Crippen LogP contribution in [0.5, 0.6) is 0 Å². The molecule has 0 atom stereocenters. The Hall–Kier alpha value is -2.76. The summed E-state index contributed by atoms with van der Waals surface area (Å²) in [6.07, 6.45) is 2.31. The number of para-hydroxylation sites is 1. The van der Waals surface area contributed by atoms with Crippen LogP contribution in [-0.2, 0) is 0 Å². The van der Waals surface area contributed by atoms with Gasteiger partial charge in [0, 0.05) is 24.4 Å². The molecule has 3 heterocycles. The van der Waals surface area contributed by atoms with Crippen LogP contribution in [0.3, 0.4) is 0 Å². The van der Waals surface area contributed by atoms with E-state index in [1.165, 1.54) is 0 Å². The van der Waals surface area contributed by atoms with Crippen LogP contribution < -0.4 is 0 Å². The zero-order valence-electron chi connectivity index (χ0n) is 13.1. The molecule has 120 valence electrons. The van der Waals surface area contributed by atoms with Gasteiger partial charge in [0.05, 0.1) is 11.4 Å². The summed E-state index contributed by atoms with van der Waals surface area (Å²) in [4.78, 5) is 23.3. The van der Waals surface area contributed by atoms with Gasteiger partial charge in [-0.15, -0.1) is 0 Å². The first-order valence-electron chi connectivity index (χ1n) is 8.26. The molecule has 2 aliphatic rings. The lowest BCUT2D eigenvalue weighted by Gasteiger charge is -2.36. The van der Waals surface area contributed by atoms with Crippen molar-refractivity contribution >= 4 is 16.8 Å². The van der Waals surface area contributed by atoms with Crippen molar-refractivity contribution < 1.29 is 9.32 Å². The first-order chi connectivity index (χ1) is 11.8. The number of amides is 1. The van der Waals surface area contributed by atoms with Gasteiger partial charge in [0.2, 0.25) is 5.89 Å². The standard InChI is InChI=1S/C18H16N4O2/c23-18(15-8-7-11-3-1-2-4-14(11)19-15)22-9-13(10-22)17-20-16(21-24-17)12-5-6-12/h1-4,7-8,12-13H,5-6,9-10H2. The number of fused-ring (bicyclic) bond motifs is 1. The SMILES string of the molecule is O=C(c1ccc2ccccc2n1)N1CC(c2nc(C3CC3)no2)C1. The van der Waals surface area contributed by atoms with E-state index in [9.17, 15) is 4.79 Å². The fraction of sp³-hybridized carbons (Fsp3) is 0.333. The predicted octanol–water partition coefficient (Wildman–Crippen LogP) is 2.73. The van der Waals surface area contributed by atoms with Crippen LogP contribution in [-0.4, -0.2) is 39.0 Å². The van der Waals surface area contributed by atoms with E-state index in [1.54, 1.807) is 11.0 Å². The molecule has 1 aliphatic heterocycles. The molecule has 0 N–H and O–H groups in total. The molecule has 0 bridgehead atoms. The molecule has 2 fully saturated rings. The molecular formula is C18H16N4O2. The number of hydrogen-bond acceptors (Lipinski definition) is 5. The molecule has 1 saturated carbocycles. The smallest absolute Gasteiger partial charge is 0.272 e. The summed E-state index contributed by atoms with van der Waals surface area (Å²) in [5, 5.41) is 5.08. The second-order valence-electron chi connectivity index (χ2n) is 6.56. The van der Waals surface area contributed by atoms with Crippen molar-refractivity contribution in [3.05, 3.63) is 53.8 Å². The summed E-state index contributed by atoms with van der Waals surface area (Å²) in [5.41, 5.74) is 1.32. The van der Waals surface area contributed by atoms with Crippen molar-refractivity contribution in [2.24, 2.45) is 0 Å². The van der Waals surface area contributed by atoms with E-state index in [1.807, 2.05) is 30.3 Å². The fourth-order valence-electron chi connectivity index (χ4n) is 3.07. The van der Waals surface area contributed by atoms with Gasteiger partial charge < -0.3 is 9.42 Å². The van der Waals surface area contributed by atoms with Crippen molar-refractivity contribution in [1.82, 2.24) is 20.0 Å². The topological polar surface area (TPSA) is 72.1 Å². The van der Waals surface area contributed by atoms with E-state index in [0.717, 1.165) is 29.6 Å². The third kappa shape index (κ3) is 2.26. The number of likely N-dealkylation sites (tertiary alicyclic amines) is 1. The Morgan fingerprint density at radius 2 is 1.88 bits per heavy atom. The maximum atomic E-state index is 12.6. The lowest BCUT2D eigenvalue weighted by atomic mass is 9.99. The van der Waals surface area contributed by atoms with E-state index in [2.05, 4.69) is 15.1 Å². The van der Waals surface area contributed by atoms with Crippen molar-refractivity contribution in [2.45, 2.75) is 24.7 Å². The van der Waals surface area contributed by atoms with Gasteiger partial charge in [0.15, 0.2) is 5.82 Å². The Bertz CT molecular complexity index is 925. The highest BCUT2D eigenvalue weighted by atomic mass is 16.5. The number of carbonyl (C=O) groups excluding carboxylic acids is 1. The molecule has 6 nitrogen and oxygen atoms in total. The molecule has 5 rings (SSSR count). The van der Waals surface area contributed by atoms with Crippen LogP contribution in [0.1, 0.15) is 46.9 Å². The predicted molar refractivity (Wildman–Crippen MR) is 86.7 cm³/mol. The van der Waals surface area contributed by atoms with Gasteiger partial charge in [-0.2, -0.15) is 4.98 Å². The Morgan fingerprint density at radius 3 is 2.71 bits per heavy atom. The highest BCUT2D eigenvalue weighted by Gasteiger charge is 2.38. The normalized spacial score (nSPS) is 17.9. The minimum absolute atomic E-state index is 0.0427. The zero-order valence-corrected chi connectivity index (χ0v) is 13.1. The maximum Gasteiger partial charge on any atom is 0.272 e. The Labute approximate surface area is 138 Å². The van der Waals surface area contributed by atoms with E-state index in [-0.39, 0.29) is 11.8 Å². The van der Waals surface area contributed by atoms with Crippen LogP contribution in [0.4, 0.5) is 0 Å². The summed E-state index contributed by atoms with van der Waals surface area (Å²) in [6, 6.07) is 11.5. The average Bonchev–Trinajstić information content (AvgIpc) is 3.32. The second-order valence-corrected chi connectivity index (χ2v) is 6.56. The van der Waals surface area contributed by atoms with Crippen molar-refractivity contribution in [2.75, 3.05) is 13.1 Å². The number of nitrogens with zero attached hydrogens (tertiary/aromatic N) is 4. The molecule has 1 saturated heterocycles. The van der Waals surface area contributed by atoms with Crippen LogP contribution in [0, 0.1) is 0 Å². The average molecular weight is 320 g/mol. The molecule has 1 amide bonds. The fourth-order valence-corrected chi connectivity index (χ4v) is 3.07. The molecule has 3 aromatic rings. The lowest BCUT2D eigenvalue weighted by Crippen LogP contribution is -2.48. The zero-order chi connectivity index (χ0) is 16.1. The van der Waals surface area contributed by atoms with Gasteiger partial charge in [-0.05, 0) is 25.0 Å². The largest absolute Gasteiger partial charge is 0.339 e. The molecule has 0 radical (unpaired) electrons. The quantitative estimate of drug-likeness (QED) is 0.742. The van der Waals surface area contributed by atoms with Gasteiger partial charge in [0.25, 0.3) is 5.91 Å². The van der Waals surface area contributed by atoms with Gasteiger partial charge in [0.1, 0.15) is 5.69 Å². The molecule has 6 heteroatoms. The van der Waals surface area contributed by atoms with Crippen molar-refractivity contribution in [3.63, 3.8) is 0 Å². The number of pyridine rings is 1. The van der Waals surface area contributed by atoms with E-state index in [0.29, 0.717) is 30.6 Å². The van der Waals surface area contributed by atoms with Gasteiger partial charge in [-0.25, -0.2) is 4.98 Å². The Morgan fingerprint density at radius 1 is 1.04 bits per heavy atom. The van der Waals surface area contributed by atoms with Gasteiger partial charge in [-0.3, -0.25) is 4.79 Å². The maximum absolute atomic E-state index is 12.6. The molecule has 0 unspecified atom stereocenters. The molecule has 1 aliphatic carbocycles. The van der Waals surface area contributed by atoms with Crippen LogP contribution >= 0.6 is 0 Å². The third-order valence-corrected chi connectivity index (χ3v) is 4.74. The highest BCUT2D eigenvalue weighted by molar-refractivity contribution is 5.95. The summed E-state index contributed by atoms with van der Waals surface area (Å²) in [7, 11) is 0.